The van der Waals surface area contributed by atoms with Gasteiger partial charge in [-0.05, 0) is 69.1 Å². The minimum Gasteiger partial charge on any atom is -0.462 e. The Labute approximate surface area is 643 Å². The lowest BCUT2D eigenvalue weighted by atomic mass is 9.99. The molecule has 19 heteroatoms. The van der Waals surface area contributed by atoms with Crippen molar-refractivity contribution in [2.75, 3.05) is 39.6 Å². The summed E-state index contributed by atoms with van der Waals surface area (Å²) in [6.07, 6.45) is 68.7. The molecule has 0 aliphatic carbocycles. The van der Waals surface area contributed by atoms with Gasteiger partial charge >= 0.3 is 39.5 Å². The second-order valence-corrected chi connectivity index (χ2v) is 34.1. The van der Waals surface area contributed by atoms with Crippen molar-refractivity contribution >= 4 is 39.5 Å². The third-order valence-corrected chi connectivity index (χ3v) is 22.1. The Bertz CT molecular complexity index is 2130. The molecule has 0 aromatic heterocycles. The van der Waals surface area contributed by atoms with Crippen LogP contribution in [0.3, 0.4) is 0 Å². The highest BCUT2D eigenvalue weighted by molar-refractivity contribution is 7.47. The molecule has 0 fully saturated rings. The molecule has 0 saturated carbocycles. The van der Waals surface area contributed by atoms with Gasteiger partial charge in [-0.2, -0.15) is 0 Å². The number of esters is 4. The van der Waals surface area contributed by atoms with Gasteiger partial charge in [0.2, 0.25) is 0 Å². The number of carbonyl (C=O) groups is 4. The third kappa shape index (κ3) is 76.7. The van der Waals surface area contributed by atoms with Crippen LogP contribution in [0, 0.1) is 17.8 Å². The molecule has 0 radical (unpaired) electrons. The molecule has 0 saturated heterocycles. The molecule has 4 unspecified atom stereocenters. The number of carbonyl (C=O) groups excluding carboxylic acids is 4. The van der Waals surface area contributed by atoms with Gasteiger partial charge < -0.3 is 33.8 Å². The molecule has 0 bridgehead atoms. The molecule has 17 nitrogen and oxygen atoms in total. The van der Waals surface area contributed by atoms with Crippen LogP contribution in [0.5, 0.6) is 0 Å². The zero-order valence-corrected chi connectivity index (χ0v) is 70.5. The van der Waals surface area contributed by atoms with Crippen LogP contribution in [0.4, 0.5) is 0 Å². The summed E-state index contributed by atoms with van der Waals surface area (Å²) in [5.74, 6) is 0.299. The number of phosphoric ester groups is 2. The fourth-order valence-electron chi connectivity index (χ4n) is 12.8. The summed E-state index contributed by atoms with van der Waals surface area (Å²) in [4.78, 5) is 73.2. The van der Waals surface area contributed by atoms with Crippen LogP contribution in [0.1, 0.15) is 427 Å². The van der Waals surface area contributed by atoms with Gasteiger partial charge in [-0.1, -0.05) is 375 Å². The minimum atomic E-state index is -4.97. The molecule has 620 valence electrons. The average Bonchev–Trinajstić information content (AvgIpc) is 0.906. The maximum atomic E-state index is 13.1. The highest BCUT2D eigenvalue weighted by atomic mass is 31.2. The Morgan fingerprint density at radius 3 is 0.848 bits per heavy atom. The summed E-state index contributed by atoms with van der Waals surface area (Å²) in [6, 6.07) is 0. The Kier molecular flexibility index (Phi) is 73.8. The van der Waals surface area contributed by atoms with Crippen molar-refractivity contribution in [1.29, 1.82) is 0 Å². The maximum absolute atomic E-state index is 13.1. The lowest BCUT2D eigenvalue weighted by molar-refractivity contribution is -0.161. The molecule has 3 N–H and O–H groups in total. The van der Waals surface area contributed by atoms with Crippen LogP contribution in [0.25, 0.3) is 0 Å². The summed E-state index contributed by atoms with van der Waals surface area (Å²) in [7, 11) is -9.94. The van der Waals surface area contributed by atoms with E-state index < -0.39 is 97.5 Å². The molecule has 0 aromatic rings. The quantitative estimate of drug-likeness (QED) is 0.0169. The van der Waals surface area contributed by atoms with Gasteiger partial charge in [0.05, 0.1) is 26.4 Å². The van der Waals surface area contributed by atoms with Crippen LogP contribution < -0.4 is 0 Å². The van der Waals surface area contributed by atoms with Gasteiger partial charge in [-0.25, -0.2) is 9.13 Å². The van der Waals surface area contributed by atoms with E-state index in [0.717, 1.165) is 120 Å². The van der Waals surface area contributed by atoms with Crippen molar-refractivity contribution in [3.05, 3.63) is 24.3 Å². The Balaban J connectivity index is 5.28. The molecule has 0 aliphatic heterocycles. The standard InChI is InChI=1S/C86H164O17P2/c1-8-11-12-13-14-15-16-17-22-28-34-39-48-55-62-69-86(91)103-82(74-97-84(89)68-61-54-47-42-41-45-52-59-66-79(7)10-3)76-101-105(94,95)99-72-80(87)71-98-104(92,93)100-75-81(73-96-83(88)67-60-53-46-38-33-30-25-26-31-36-43-50-57-64-77(4)5)102-85(90)70-63-56-49-40-35-29-24-21-19-18-20-23-27-32-37-44-51-58-65-78(6)9-2/h15-17,22,77-82,87H,8-14,18-21,23-76H2,1-7H3,(H,92,93)(H,94,95)/b16-15-,22-17-/t78?,79?,80-,81-,82-/m1/s1. The van der Waals surface area contributed by atoms with Crippen molar-refractivity contribution in [2.24, 2.45) is 17.8 Å². The van der Waals surface area contributed by atoms with Crippen LogP contribution in [-0.4, -0.2) is 96.7 Å². The number of unbranched alkanes of at least 4 members (excludes halogenated alkanes) is 45. The smallest absolute Gasteiger partial charge is 0.462 e. The fourth-order valence-corrected chi connectivity index (χ4v) is 14.3. The molecular formula is C86H164O17P2. The van der Waals surface area contributed by atoms with E-state index in [1.807, 2.05) is 0 Å². The highest BCUT2D eigenvalue weighted by Gasteiger charge is 2.30. The number of allylic oxidation sites excluding steroid dienone is 4. The predicted octanol–water partition coefficient (Wildman–Crippen LogP) is 25.6. The van der Waals surface area contributed by atoms with Crippen molar-refractivity contribution in [3.8, 4) is 0 Å². The summed E-state index contributed by atoms with van der Waals surface area (Å²) in [5, 5.41) is 10.7. The largest absolute Gasteiger partial charge is 0.472 e. The number of hydrogen-bond donors (Lipinski definition) is 3. The predicted molar refractivity (Wildman–Crippen MR) is 432 cm³/mol. The number of hydrogen-bond acceptors (Lipinski definition) is 15. The van der Waals surface area contributed by atoms with E-state index in [4.69, 9.17) is 37.0 Å². The molecule has 0 rings (SSSR count). The van der Waals surface area contributed by atoms with Gasteiger partial charge in [0.25, 0.3) is 0 Å². The third-order valence-electron chi connectivity index (χ3n) is 20.2. The number of rotatable bonds is 82. The normalized spacial score (nSPS) is 14.5. The number of phosphoric acid groups is 2. The molecule has 0 aromatic carbocycles. The van der Waals surface area contributed by atoms with E-state index in [0.29, 0.717) is 25.7 Å². The first-order valence-electron chi connectivity index (χ1n) is 43.7. The SMILES string of the molecule is CCCCCC/C=C\C=C/CCCCCCCC(=O)O[C@H](COC(=O)CCCCCCCCCCC(C)CC)COP(=O)(O)OC[C@H](O)COP(=O)(O)OC[C@@H](COC(=O)CCCCCCCCCCCCCCCC(C)C)OC(=O)CCCCCCCCCCCCCCCCCCCCC(C)CC. The molecule has 0 aliphatic rings. The first-order valence-corrected chi connectivity index (χ1v) is 46.7. The van der Waals surface area contributed by atoms with Crippen molar-refractivity contribution in [1.82, 2.24) is 0 Å². The Hall–Kier alpha value is -2.46. The van der Waals surface area contributed by atoms with Crippen LogP contribution in [0.15, 0.2) is 24.3 Å². The molecule has 0 spiro atoms. The number of ether oxygens (including phenoxy) is 4. The van der Waals surface area contributed by atoms with E-state index in [9.17, 15) is 43.2 Å². The van der Waals surface area contributed by atoms with Gasteiger partial charge in [0.15, 0.2) is 12.2 Å². The average molecular weight is 1530 g/mol. The summed E-state index contributed by atoms with van der Waals surface area (Å²) < 4.78 is 68.8. The van der Waals surface area contributed by atoms with Crippen LogP contribution in [-0.2, 0) is 65.4 Å². The zero-order valence-electron chi connectivity index (χ0n) is 68.7. The van der Waals surface area contributed by atoms with E-state index in [1.54, 1.807) is 0 Å². The van der Waals surface area contributed by atoms with Gasteiger partial charge in [0, 0.05) is 25.7 Å². The molecule has 0 heterocycles. The molecule has 7 atom stereocenters. The highest BCUT2D eigenvalue weighted by Crippen LogP contribution is 2.45. The van der Waals surface area contributed by atoms with Crippen molar-refractivity contribution in [3.63, 3.8) is 0 Å². The number of aliphatic hydroxyl groups is 1. The molecule has 0 amide bonds. The molecular weight excluding hydrogens is 1370 g/mol. The summed E-state index contributed by atoms with van der Waals surface area (Å²) in [6.45, 7) is 12.0. The van der Waals surface area contributed by atoms with Crippen molar-refractivity contribution in [2.45, 2.75) is 446 Å². The number of aliphatic hydroxyl groups excluding tert-OH is 1. The minimum absolute atomic E-state index is 0.0846. The first-order chi connectivity index (χ1) is 50.8. The van der Waals surface area contributed by atoms with Crippen molar-refractivity contribution < 1.29 is 80.2 Å². The van der Waals surface area contributed by atoms with E-state index in [2.05, 4.69) is 72.8 Å². The summed E-state index contributed by atoms with van der Waals surface area (Å²) >= 11 is 0. The molecule has 105 heavy (non-hydrogen) atoms. The zero-order chi connectivity index (χ0) is 77.2. The second kappa shape index (κ2) is 75.6. The first kappa shape index (κ1) is 103. The van der Waals surface area contributed by atoms with E-state index in [-0.39, 0.29) is 25.7 Å². The topological polar surface area (TPSA) is 237 Å². The second-order valence-electron chi connectivity index (χ2n) is 31.2. The van der Waals surface area contributed by atoms with Gasteiger partial charge in [0.1, 0.15) is 19.3 Å². The Morgan fingerprint density at radius 2 is 0.562 bits per heavy atom. The van der Waals surface area contributed by atoms with Gasteiger partial charge in [-0.3, -0.25) is 37.3 Å². The lowest BCUT2D eigenvalue weighted by Crippen LogP contribution is -2.30. The van der Waals surface area contributed by atoms with E-state index >= 15 is 0 Å². The summed E-state index contributed by atoms with van der Waals surface area (Å²) in [5.41, 5.74) is 0. The fraction of sp³-hybridized carbons (Fsp3) is 0.907. The van der Waals surface area contributed by atoms with E-state index in [1.165, 1.54) is 225 Å². The Morgan fingerprint density at radius 1 is 0.314 bits per heavy atom. The van der Waals surface area contributed by atoms with Crippen LogP contribution >= 0.6 is 15.6 Å². The maximum Gasteiger partial charge on any atom is 0.472 e. The monoisotopic (exact) mass is 1530 g/mol. The van der Waals surface area contributed by atoms with Crippen LogP contribution in [0.2, 0.25) is 0 Å². The lowest BCUT2D eigenvalue weighted by Gasteiger charge is -2.21. The van der Waals surface area contributed by atoms with Gasteiger partial charge in [-0.15, -0.1) is 0 Å².